The van der Waals surface area contributed by atoms with Crippen molar-refractivity contribution in [2.75, 3.05) is 49.9 Å². The van der Waals surface area contributed by atoms with Gasteiger partial charge in [-0.05, 0) is 42.0 Å². The van der Waals surface area contributed by atoms with Crippen LogP contribution in [0.25, 0.3) is 11.0 Å². The SMILES string of the molecule is Clc1ccc(Oc2ccc(CNc3nc4ccc(NCCN5CCNCC5)cc4[nH]3)cc2)nc1. The van der Waals surface area contributed by atoms with Gasteiger partial charge in [-0.3, -0.25) is 4.90 Å². The Morgan fingerprint density at radius 3 is 2.65 bits per heavy atom. The van der Waals surface area contributed by atoms with Crippen molar-refractivity contribution >= 4 is 34.3 Å². The molecule has 0 aliphatic carbocycles. The molecule has 0 bridgehead atoms. The number of anilines is 2. The van der Waals surface area contributed by atoms with Crippen molar-refractivity contribution < 1.29 is 4.74 Å². The van der Waals surface area contributed by atoms with Gasteiger partial charge in [0.05, 0.1) is 16.1 Å². The Morgan fingerprint density at radius 2 is 1.85 bits per heavy atom. The second kappa shape index (κ2) is 10.7. The van der Waals surface area contributed by atoms with E-state index in [2.05, 4.69) is 47.9 Å². The van der Waals surface area contributed by atoms with E-state index in [1.165, 1.54) is 0 Å². The van der Waals surface area contributed by atoms with Crippen LogP contribution in [0.15, 0.2) is 60.8 Å². The molecule has 8 nitrogen and oxygen atoms in total. The highest BCUT2D eigenvalue weighted by Crippen LogP contribution is 2.22. The van der Waals surface area contributed by atoms with E-state index in [1.807, 2.05) is 30.3 Å². The van der Waals surface area contributed by atoms with Crippen LogP contribution in [0.3, 0.4) is 0 Å². The van der Waals surface area contributed by atoms with E-state index in [4.69, 9.17) is 16.3 Å². The predicted molar refractivity (Wildman–Crippen MR) is 137 cm³/mol. The Balaban J connectivity index is 1.13. The van der Waals surface area contributed by atoms with E-state index < -0.39 is 0 Å². The Hall–Kier alpha value is -3.33. The lowest BCUT2D eigenvalue weighted by Crippen LogP contribution is -2.45. The molecule has 0 atom stereocenters. The molecule has 9 heteroatoms. The van der Waals surface area contributed by atoms with Crippen molar-refractivity contribution in [2.24, 2.45) is 0 Å². The number of halogens is 1. The van der Waals surface area contributed by atoms with Crippen LogP contribution in [0.4, 0.5) is 11.6 Å². The number of imidazole rings is 1. The molecule has 1 aliphatic heterocycles. The number of benzene rings is 2. The molecule has 34 heavy (non-hydrogen) atoms. The number of aromatic nitrogens is 3. The Labute approximate surface area is 203 Å². The highest BCUT2D eigenvalue weighted by molar-refractivity contribution is 6.30. The van der Waals surface area contributed by atoms with Crippen LogP contribution in [0.1, 0.15) is 5.56 Å². The molecule has 0 unspecified atom stereocenters. The number of rotatable bonds is 9. The van der Waals surface area contributed by atoms with E-state index in [0.29, 0.717) is 17.4 Å². The average molecular weight is 478 g/mol. The maximum atomic E-state index is 5.86. The van der Waals surface area contributed by atoms with E-state index in [9.17, 15) is 0 Å². The molecular weight excluding hydrogens is 450 g/mol. The van der Waals surface area contributed by atoms with Gasteiger partial charge in [-0.2, -0.15) is 0 Å². The molecule has 2 aromatic heterocycles. The van der Waals surface area contributed by atoms with Crippen LogP contribution >= 0.6 is 11.6 Å². The molecule has 4 N–H and O–H groups in total. The summed E-state index contributed by atoms with van der Waals surface area (Å²) < 4.78 is 5.74. The van der Waals surface area contributed by atoms with Crippen molar-refractivity contribution in [1.82, 2.24) is 25.2 Å². The maximum absolute atomic E-state index is 5.86. The molecule has 0 amide bonds. The first-order valence-electron chi connectivity index (χ1n) is 11.5. The first kappa shape index (κ1) is 22.5. The number of ether oxygens (including phenoxy) is 1. The van der Waals surface area contributed by atoms with Gasteiger partial charge in [0.1, 0.15) is 5.75 Å². The van der Waals surface area contributed by atoms with Crippen molar-refractivity contribution in [3.8, 4) is 11.6 Å². The van der Waals surface area contributed by atoms with E-state index in [1.54, 1.807) is 18.3 Å². The molecule has 1 aliphatic rings. The van der Waals surface area contributed by atoms with Gasteiger partial charge in [0.15, 0.2) is 0 Å². The second-order valence-electron chi connectivity index (χ2n) is 8.25. The summed E-state index contributed by atoms with van der Waals surface area (Å²) in [5.41, 5.74) is 4.17. The van der Waals surface area contributed by atoms with Crippen molar-refractivity contribution in [2.45, 2.75) is 6.54 Å². The van der Waals surface area contributed by atoms with E-state index >= 15 is 0 Å². The fourth-order valence-electron chi connectivity index (χ4n) is 3.90. The van der Waals surface area contributed by atoms with Crippen molar-refractivity contribution in [1.29, 1.82) is 0 Å². The lowest BCUT2D eigenvalue weighted by molar-refractivity contribution is 0.249. The molecule has 176 valence electrons. The third-order valence-corrected chi connectivity index (χ3v) is 5.98. The highest BCUT2D eigenvalue weighted by Gasteiger charge is 2.09. The molecule has 5 rings (SSSR count). The summed E-state index contributed by atoms with van der Waals surface area (Å²) in [5, 5.41) is 10.9. The summed E-state index contributed by atoms with van der Waals surface area (Å²) in [5.74, 6) is 1.98. The van der Waals surface area contributed by atoms with Gasteiger partial charge in [0, 0.05) is 63.8 Å². The normalized spacial score (nSPS) is 14.3. The molecular formula is C25H28ClN7O. The van der Waals surface area contributed by atoms with Gasteiger partial charge in [0.2, 0.25) is 11.8 Å². The van der Waals surface area contributed by atoms with Crippen LogP contribution in [0.2, 0.25) is 5.02 Å². The number of piperazine rings is 1. The molecule has 0 spiro atoms. The van der Waals surface area contributed by atoms with Crippen LogP contribution in [-0.2, 0) is 6.54 Å². The van der Waals surface area contributed by atoms with Gasteiger partial charge < -0.3 is 25.7 Å². The maximum Gasteiger partial charge on any atom is 0.219 e. The lowest BCUT2D eigenvalue weighted by Gasteiger charge is -2.27. The summed E-state index contributed by atoms with van der Waals surface area (Å²) in [7, 11) is 0. The van der Waals surface area contributed by atoms with Gasteiger partial charge >= 0.3 is 0 Å². The minimum Gasteiger partial charge on any atom is -0.439 e. The summed E-state index contributed by atoms with van der Waals surface area (Å²) in [6, 6.07) is 17.6. The minimum absolute atomic E-state index is 0.509. The van der Waals surface area contributed by atoms with E-state index in [0.717, 1.165) is 73.3 Å². The average Bonchev–Trinajstić information content (AvgIpc) is 3.28. The molecule has 0 saturated carbocycles. The fraction of sp³-hybridized carbons (Fsp3) is 0.280. The molecule has 1 saturated heterocycles. The summed E-state index contributed by atoms with van der Waals surface area (Å²) in [4.78, 5) is 14.6. The second-order valence-corrected chi connectivity index (χ2v) is 8.69. The smallest absolute Gasteiger partial charge is 0.219 e. The number of aromatic amines is 1. The zero-order chi connectivity index (χ0) is 23.2. The summed E-state index contributed by atoms with van der Waals surface area (Å²) in [6.07, 6.45) is 1.56. The number of pyridine rings is 1. The molecule has 3 heterocycles. The van der Waals surface area contributed by atoms with Crippen LogP contribution in [0, 0.1) is 0 Å². The zero-order valence-electron chi connectivity index (χ0n) is 18.9. The van der Waals surface area contributed by atoms with Crippen LogP contribution in [0.5, 0.6) is 11.6 Å². The third kappa shape index (κ3) is 5.96. The first-order chi connectivity index (χ1) is 16.7. The molecule has 0 radical (unpaired) electrons. The lowest BCUT2D eigenvalue weighted by atomic mass is 10.2. The van der Waals surface area contributed by atoms with Gasteiger partial charge in [-0.1, -0.05) is 23.7 Å². The zero-order valence-corrected chi connectivity index (χ0v) is 19.6. The molecule has 1 fully saturated rings. The van der Waals surface area contributed by atoms with Crippen LogP contribution in [-0.4, -0.2) is 59.1 Å². The summed E-state index contributed by atoms with van der Waals surface area (Å²) in [6.45, 7) is 7.02. The quantitative estimate of drug-likeness (QED) is 0.285. The van der Waals surface area contributed by atoms with E-state index in [-0.39, 0.29) is 0 Å². The first-order valence-corrected chi connectivity index (χ1v) is 11.9. The Bertz CT molecular complexity index is 1200. The van der Waals surface area contributed by atoms with Crippen LogP contribution < -0.4 is 20.7 Å². The standard InChI is InChI=1S/C25H28ClN7O/c26-19-3-8-24(29-17-19)34-21-5-1-18(2-6-21)16-30-25-31-22-7-4-20(15-23(22)32-25)28-11-14-33-12-9-27-10-13-33/h1-8,15,17,27-28H,9-14,16H2,(H2,30,31,32). The largest absolute Gasteiger partial charge is 0.439 e. The van der Waals surface area contributed by atoms with Crippen molar-refractivity contribution in [3.05, 3.63) is 71.4 Å². The Morgan fingerprint density at radius 1 is 1.00 bits per heavy atom. The summed E-state index contributed by atoms with van der Waals surface area (Å²) >= 11 is 5.86. The third-order valence-electron chi connectivity index (χ3n) is 5.75. The minimum atomic E-state index is 0.509. The molecule has 4 aromatic rings. The predicted octanol–water partition coefficient (Wildman–Crippen LogP) is 4.33. The highest BCUT2D eigenvalue weighted by atomic mass is 35.5. The number of hydrogen-bond donors (Lipinski definition) is 4. The number of H-pyrrole nitrogens is 1. The molecule has 2 aromatic carbocycles. The van der Waals surface area contributed by atoms with Gasteiger partial charge in [-0.15, -0.1) is 0 Å². The number of hydrogen-bond acceptors (Lipinski definition) is 7. The number of fused-ring (bicyclic) bond motifs is 1. The fourth-order valence-corrected chi connectivity index (χ4v) is 4.01. The van der Waals surface area contributed by atoms with Crippen molar-refractivity contribution in [3.63, 3.8) is 0 Å². The van der Waals surface area contributed by atoms with Gasteiger partial charge in [0.25, 0.3) is 0 Å². The number of nitrogens with zero attached hydrogens (tertiary/aromatic N) is 3. The number of nitrogens with one attached hydrogen (secondary N) is 4. The topological polar surface area (TPSA) is 90.1 Å². The van der Waals surface area contributed by atoms with Gasteiger partial charge in [-0.25, -0.2) is 9.97 Å². The monoisotopic (exact) mass is 477 g/mol. The Kier molecular flexibility index (Phi) is 7.09.